The Labute approximate surface area is 264 Å². The van der Waals surface area contributed by atoms with Crippen LogP contribution in [0.3, 0.4) is 0 Å². The lowest BCUT2D eigenvalue weighted by atomic mass is 9.82. The minimum Gasteiger partial charge on any atom is -0.264 e. The van der Waals surface area contributed by atoms with Crippen molar-refractivity contribution in [3.63, 3.8) is 0 Å². The summed E-state index contributed by atoms with van der Waals surface area (Å²) in [5, 5.41) is 0. The molecule has 45 heavy (non-hydrogen) atoms. The first-order valence-corrected chi connectivity index (χ1v) is 15.4. The minimum absolute atomic E-state index is 0.00559. The summed E-state index contributed by atoms with van der Waals surface area (Å²) in [7, 11) is 0. The third-order valence-corrected chi connectivity index (χ3v) is 9.01. The van der Waals surface area contributed by atoms with Crippen LogP contribution in [0.15, 0.2) is 152 Å². The molecule has 0 spiro atoms. The fourth-order valence-electron chi connectivity index (χ4n) is 6.59. The first-order chi connectivity index (χ1) is 22.0. The molecule has 3 heteroatoms. The molecule has 7 aromatic rings. The van der Waals surface area contributed by atoms with Crippen molar-refractivity contribution >= 4 is 0 Å². The first kappa shape index (κ1) is 26.9. The molecule has 2 heterocycles. The smallest absolute Gasteiger partial charge is 0.160 e. The van der Waals surface area contributed by atoms with Gasteiger partial charge in [-0.25, -0.2) is 9.97 Å². The van der Waals surface area contributed by atoms with Gasteiger partial charge in [-0.15, -0.1) is 0 Å². The van der Waals surface area contributed by atoms with Gasteiger partial charge in [-0.1, -0.05) is 123 Å². The average molecular weight is 578 g/mol. The maximum absolute atomic E-state index is 5.09. The number of benzene rings is 5. The van der Waals surface area contributed by atoms with Crippen molar-refractivity contribution in [3.05, 3.63) is 163 Å². The maximum Gasteiger partial charge on any atom is 0.160 e. The van der Waals surface area contributed by atoms with Gasteiger partial charge >= 0.3 is 0 Å². The molecular formula is C42H31N3. The predicted molar refractivity (Wildman–Crippen MR) is 185 cm³/mol. The number of rotatable bonds is 5. The van der Waals surface area contributed by atoms with E-state index < -0.39 is 0 Å². The summed E-state index contributed by atoms with van der Waals surface area (Å²) >= 11 is 0. The Balaban J connectivity index is 1.19. The van der Waals surface area contributed by atoms with Crippen molar-refractivity contribution in [2.24, 2.45) is 0 Å². The highest BCUT2D eigenvalue weighted by molar-refractivity contribution is 5.85. The highest BCUT2D eigenvalue weighted by atomic mass is 14.9. The van der Waals surface area contributed by atoms with Crippen molar-refractivity contribution < 1.29 is 0 Å². The summed E-state index contributed by atoms with van der Waals surface area (Å²) in [4.78, 5) is 14.5. The van der Waals surface area contributed by atoms with Gasteiger partial charge in [0.25, 0.3) is 0 Å². The number of hydrogen-bond donors (Lipinski definition) is 0. The van der Waals surface area contributed by atoms with E-state index in [4.69, 9.17) is 9.97 Å². The Morgan fingerprint density at radius 2 is 1.02 bits per heavy atom. The van der Waals surface area contributed by atoms with Gasteiger partial charge in [0, 0.05) is 34.5 Å². The highest BCUT2D eigenvalue weighted by Crippen LogP contribution is 2.49. The highest BCUT2D eigenvalue weighted by Gasteiger charge is 2.35. The fourth-order valence-corrected chi connectivity index (χ4v) is 6.59. The van der Waals surface area contributed by atoms with E-state index >= 15 is 0 Å². The SMILES string of the molecule is CC1(C)c2ccccc2-c2cc(-c3ccc(-c4cc(-c5cccnc5)nc(-c5cccc(-c6ccccc6)c5)n4)cc3)ccc21. The van der Waals surface area contributed by atoms with Crippen LogP contribution in [0.4, 0.5) is 0 Å². The Bertz CT molecular complexity index is 2170. The predicted octanol–water partition coefficient (Wildman–Crippen LogP) is 10.5. The van der Waals surface area contributed by atoms with E-state index in [-0.39, 0.29) is 5.41 Å². The summed E-state index contributed by atoms with van der Waals surface area (Å²) < 4.78 is 0. The zero-order chi connectivity index (χ0) is 30.4. The molecule has 0 fully saturated rings. The number of aromatic nitrogens is 3. The molecule has 1 aliphatic carbocycles. The van der Waals surface area contributed by atoms with Gasteiger partial charge in [-0.3, -0.25) is 4.98 Å². The summed E-state index contributed by atoms with van der Waals surface area (Å²) in [5.41, 5.74) is 14.8. The van der Waals surface area contributed by atoms with Crippen molar-refractivity contribution in [1.29, 1.82) is 0 Å². The molecule has 0 bridgehead atoms. The fraction of sp³-hybridized carbons (Fsp3) is 0.0714. The maximum atomic E-state index is 5.09. The number of fused-ring (bicyclic) bond motifs is 3. The van der Waals surface area contributed by atoms with Gasteiger partial charge in [0.15, 0.2) is 5.82 Å². The van der Waals surface area contributed by atoms with Gasteiger partial charge in [0.2, 0.25) is 0 Å². The van der Waals surface area contributed by atoms with E-state index in [0.717, 1.165) is 39.2 Å². The van der Waals surface area contributed by atoms with Crippen LogP contribution in [0, 0.1) is 0 Å². The molecule has 0 saturated carbocycles. The molecule has 0 amide bonds. The number of hydrogen-bond acceptors (Lipinski definition) is 3. The van der Waals surface area contributed by atoms with Crippen molar-refractivity contribution in [2.45, 2.75) is 19.3 Å². The van der Waals surface area contributed by atoms with E-state index in [1.54, 1.807) is 6.20 Å². The van der Waals surface area contributed by atoms with Crippen LogP contribution >= 0.6 is 0 Å². The molecule has 0 atom stereocenters. The monoisotopic (exact) mass is 577 g/mol. The lowest BCUT2D eigenvalue weighted by Crippen LogP contribution is -2.14. The molecular weight excluding hydrogens is 546 g/mol. The van der Waals surface area contributed by atoms with Crippen LogP contribution < -0.4 is 0 Å². The first-order valence-electron chi connectivity index (χ1n) is 15.4. The summed E-state index contributed by atoms with van der Waals surface area (Å²) in [6.07, 6.45) is 3.64. The van der Waals surface area contributed by atoms with Crippen LogP contribution in [0.2, 0.25) is 0 Å². The van der Waals surface area contributed by atoms with Crippen molar-refractivity contribution in [2.75, 3.05) is 0 Å². The molecule has 1 aliphatic rings. The van der Waals surface area contributed by atoms with E-state index in [9.17, 15) is 0 Å². The zero-order valence-electron chi connectivity index (χ0n) is 25.3. The molecule has 0 unspecified atom stereocenters. The van der Waals surface area contributed by atoms with Crippen LogP contribution in [0.25, 0.3) is 67.3 Å². The molecule has 2 aromatic heterocycles. The second-order valence-corrected chi connectivity index (χ2v) is 12.2. The molecule has 0 N–H and O–H groups in total. The quantitative estimate of drug-likeness (QED) is 0.204. The van der Waals surface area contributed by atoms with Crippen molar-refractivity contribution in [3.8, 4) is 67.3 Å². The standard InChI is InChI=1S/C42H31N3/c1-42(2)37-16-7-6-15-35(37)36-25-32(21-22-38(36)42)29-17-19-30(20-18-29)39-26-40(34-14-9-23-43-27-34)45-41(44-39)33-13-8-12-31(24-33)28-10-4-3-5-11-28/h3-27H,1-2H3. The van der Waals surface area contributed by atoms with Gasteiger partial charge in [-0.05, 0) is 74.8 Å². The van der Waals surface area contributed by atoms with E-state index in [2.05, 4.69) is 140 Å². The Morgan fingerprint density at radius 3 is 1.82 bits per heavy atom. The van der Waals surface area contributed by atoms with E-state index in [1.807, 2.05) is 24.4 Å². The van der Waals surface area contributed by atoms with Crippen molar-refractivity contribution in [1.82, 2.24) is 15.0 Å². The lowest BCUT2D eigenvalue weighted by Gasteiger charge is -2.21. The summed E-state index contributed by atoms with van der Waals surface area (Å²) in [6, 6.07) is 49.3. The summed E-state index contributed by atoms with van der Waals surface area (Å²) in [6.45, 7) is 4.64. The van der Waals surface area contributed by atoms with Crippen LogP contribution in [-0.4, -0.2) is 15.0 Å². The van der Waals surface area contributed by atoms with Gasteiger partial charge in [0.1, 0.15) is 0 Å². The topological polar surface area (TPSA) is 38.7 Å². The normalized spacial score (nSPS) is 12.8. The molecule has 214 valence electrons. The molecule has 0 aliphatic heterocycles. The van der Waals surface area contributed by atoms with Gasteiger partial charge in [0.05, 0.1) is 11.4 Å². The number of pyridine rings is 1. The molecule has 0 saturated heterocycles. The third-order valence-electron chi connectivity index (χ3n) is 9.01. The average Bonchev–Trinajstić information content (AvgIpc) is 3.34. The van der Waals surface area contributed by atoms with E-state index in [0.29, 0.717) is 5.82 Å². The second kappa shape index (κ2) is 10.8. The van der Waals surface area contributed by atoms with Crippen LogP contribution in [0.5, 0.6) is 0 Å². The van der Waals surface area contributed by atoms with Gasteiger partial charge < -0.3 is 0 Å². The Hall–Kier alpha value is -5.67. The minimum atomic E-state index is 0.00559. The lowest BCUT2D eigenvalue weighted by molar-refractivity contribution is 0.660. The molecule has 0 radical (unpaired) electrons. The van der Waals surface area contributed by atoms with Crippen LogP contribution in [-0.2, 0) is 5.41 Å². The number of nitrogens with zero attached hydrogens (tertiary/aromatic N) is 3. The molecule has 8 rings (SSSR count). The second-order valence-electron chi connectivity index (χ2n) is 12.2. The molecule has 5 aromatic carbocycles. The Kier molecular flexibility index (Phi) is 6.46. The third kappa shape index (κ3) is 4.83. The van der Waals surface area contributed by atoms with Crippen LogP contribution in [0.1, 0.15) is 25.0 Å². The van der Waals surface area contributed by atoms with E-state index in [1.165, 1.54) is 33.4 Å². The summed E-state index contributed by atoms with van der Waals surface area (Å²) in [5.74, 6) is 0.688. The largest absolute Gasteiger partial charge is 0.264 e. The van der Waals surface area contributed by atoms with Gasteiger partial charge in [-0.2, -0.15) is 0 Å². The zero-order valence-corrected chi connectivity index (χ0v) is 25.3. The Morgan fingerprint density at radius 1 is 0.422 bits per heavy atom. The molecule has 3 nitrogen and oxygen atoms in total.